The zero-order chi connectivity index (χ0) is 12.3. The Labute approximate surface area is 107 Å². The number of aromatic nitrogens is 1. The maximum atomic E-state index is 11.3. The number of amides is 1. The lowest BCUT2D eigenvalue weighted by molar-refractivity contribution is 0.204. The van der Waals surface area contributed by atoms with E-state index in [4.69, 9.17) is 0 Å². The van der Waals surface area contributed by atoms with Crippen LogP contribution >= 0.6 is 15.9 Å². The Hall–Kier alpha value is -1.88. The van der Waals surface area contributed by atoms with Crippen molar-refractivity contribution in [2.75, 3.05) is 4.90 Å². The summed E-state index contributed by atoms with van der Waals surface area (Å²) in [7, 11) is 0. The summed E-state index contributed by atoms with van der Waals surface area (Å²) in [4.78, 5) is 16.5. The summed E-state index contributed by atoms with van der Waals surface area (Å²) in [6, 6.07) is 12.2. The number of anilines is 2. The van der Waals surface area contributed by atoms with Crippen molar-refractivity contribution in [2.24, 2.45) is 0 Å². The van der Waals surface area contributed by atoms with Crippen molar-refractivity contribution < 1.29 is 9.90 Å². The van der Waals surface area contributed by atoms with Gasteiger partial charge in [0.1, 0.15) is 5.82 Å². The average Bonchev–Trinajstić information content (AvgIpc) is 2.33. The number of benzene rings is 1. The zero-order valence-corrected chi connectivity index (χ0v) is 10.3. The lowest BCUT2D eigenvalue weighted by atomic mass is 10.3. The fourth-order valence-corrected chi connectivity index (χ4v) is 1.65. The van der Waals surface area contributed by atoms with E-state index in [1.807, 2.05) is 6.07 Å². The predicted octanol–water partition coefficient (Wildman–Crippen LogP) is 3.66. The summed E-state index contributed by atoms with van der Waals surface area (Å²) in [5.41, 5.74) is 0.565. The molecule has 1 aromatic heterocycles. The number of pyridine rings is 1. The molecule has 0 unspecified atom stereocenters. The van der Waals surface area contributed by atoms with Gasteiger partial charge in [0.05, 0.1) is 5.69 Å². The number of hydrogen-bond donors (Lipinski definition) is 1. The zero-order valence-electron chi connectivity index (χ0n) is 8.75. The van der Waals surface area contributed by atoms with Crippen molar-refractivity contribution >= 4 is 33.5 Å². The third kappa shape index (κ3) is 2.62. The fraction of sp³-hybridized carbons (Fsp3) is 0. The molecular formula is C12H9BrN2O2. The number of hydrogen-bond acceptors (Lipinski definition) is 2. The van der Waals surface area contributed by atoms with Gasteiger partial charge in [-0.05, 0) is 40.2 Å². The van der Waals surface area contributed by atoms with Crippen LogP contribution in [0.4, 0.5) is 16.3 Å². The minimum Gasteiger partial charge on any atom is -0.464 e. The summed E-state index contributed by atoms with van der Waals surface area (Å²) >= 11 is 3.26. The fourth-order valence-electron chi connectivity index (χ4n) is 1.42. The monoisotopic (exact) mass is 292 g/mol. The summed E-state index contributed by atoms with van der Waals surface area (Å²) in [6.07, 6.45) is 0.500. The summed E-state index contributed by atoms with van der Waals surface area (Å²) in [5, 5.41) is 9.22. The van der Waals surface area contributed by atoms with Crippen LogP contribution in [0.25, 0.3) is 0 Å². The van der Waals surface area contributed by atoms with Gasteiger partial charge in [0, 0.05) is 10.7 Å². The van der Waals surface area contributed by atoms with E-state index in [1.165, 1.54) is 0 Å². The van der Waals surface area contributed by atoms with Crippen molar-refractivity contribution in [1.82, 2.24) is 4.98 Å². The van der Waals surface area contributed by atoms with E-state index in [-0.39, 0.29) is 0 Å². The van der Waals surface area contributed by atoms with Gasteiger partial charge in [0.25, 0.3) is 0 Å². The van der Waals surface area contributed by atoms with Crippen LogP contribution < -0.4 is 4.90 Å². The molecule has 0 saturated heterocycles. The molecule has 0 spiro atoms. The van der Waals surface area contributed by atoms with Crippen LogP contribution in [0.1, 0.15) is 0 Å². The van der Waals surface area contributed by atoms with E-state index in [1.54, 1.807) is 42.6 Å². The number of carbonyl (C=O) groups is 1. The van der Waals surface area contributed by atoms with Gasteiger partial charge >= 0.3 is 6.09 Å². The molecule has 0 aliphatic rings. The minimum atomic E-state index is -1.06. The minimum absolute atomic E-state index is 0.368. The number of carboxylic acid groups (broad SMARTS) is 1. The Kier molecular flexibility index (Phi) is 3.39. The first-order chi connectivity index (χ1) is 8.18. The molecule has 4 nitrogen and oxygen atoms in total. The molecule has 0 atom stereocenters. The van der Waals surface area contributed by atoms with Gasteiger partial charge in [-0.3, -0.25) is 0 Å². The van der Waals surface area contributed by atoms with Crippen molar-refractivity contribution in [1.29, 1.82) is 0 Å². The molecule has 2 aromatic rings. The second-order valence-corrected chi connectivity index (χ2v) is 4.20. The van der Waals surface area contributed by atoms with Gasteiger partial charge < -0.3 is 5.11 Å². The Balaban J connectivity index is 2.43. The highest BCUT2D eigenvalue weighted by molar-refractivity contribution is 9.10. The predicted molar refractivity (Wildman–Crippen MR) is 68.5 cm³/mol. The van der Waals surface area contributed by atoms with E-state index in [2.05, 4.69) is 20.9 Å². The number of nitrogens with zero attached hydrogens (tertiary/aromatic N) is 2. The van der Waals surface area contributed by atoms with E-state index in [0.29, 0.717) is 11.5 Å². The van der Waals surface area contributed by atoms with Gasteiger partial charge in [0.2, 0.25) is 0 Å². The molecule has 86 valence electrons. The molecule has 0 saturated carbocycles. The van der Waals surface area contributed by atoms with Crippen LogP contribution in [0.2, 0.25) is 0 Å². The SMILES string of the molecule is O=C(O)N(c1ccccc1)c1ccc(Br)cn1. The topological polar surface area (TPSA) is 53.4 Å². The molecule has 1 heterocycles. The molecule has 0 bridgehead atoms. The van der Waals surface area contributed by atoms with Crippen LogP contribution in [0.3, 0.4) is 0 Å². The second kappa shape index (κ2) is 4.97. The molecule has 0 aliphatic carbocycles. The van der Waals surface area contributed by atoms with E-state index in [9.17, 15) is 9.90 Å². The van der Waals surface area contributed by atoms with Gasteiger partial charge in [-0.2, -0.15) is 0 Å². The highest BCUT2D eigenvalue weighted by Crippen LogP contribution is 2.24. The Morgan fingerprint density at radius 2 is 1.88 bits per heavy atom. The maximum absolute atomic E-state index is 11.3. The molecule has 5 heteroatoms. The molecule has 0 fully saturated rings. The highest BCUT2D eigenvalue weighted by atomic mass is 79.9. The molecule has 1 aromatic carbocycles. The third-order valence-corrected chi connectivity index (χ3v) is 2.62. The molecule has 0 aliphatic heterocycles. The lowest BCUT2D eigenvalue weighted by Gasteiger charge is -2.17. The lowest BCUT2D eigenvalue weighted by Crippen LogP contribution is -2.24. The van der Waals surface area contributed by atoms with Crippen molar-refractivity contribution in [3.63, 3.8) is 0 Å². The summed E-state index contributed by atoms with van der Waals surface area (Å²) in [5.74, 6) is 0.368. The summed E-state index contributed by atoms with van der Waals surface area (Å²) < 4.78 is 0.805. The van der Waals surface area contributed by atoms with Crippen LogP contribution in [-0.2, 0) is 0 Å². The Morgan fingerprint density at radius 1 is 1.18 bits per heavy atom. The maximum Gasteiger partial charge on any atom is 0.417 e. The first-order valence-corrected chi connectivity index (χ1v) is 5.67. The number of rotatable bonds is 2. The normalized spacial score (nSPS) is 9.94. The molecule has 0 radical (unpaired) electrons. The molecule has 17 heavy (non-hydrogen) atoms. The van der Waals surface area contributed by atoms with Gasteiger partial charge in [-0.25, -0.2) is 14.7 Å². The van der Waals surface area contributed by atoms with E-state index in [0.717, 1.165) is 9.37 Å². The van der Waals surface area contributed by atoms with Gasteiger partial charge in [0.15, 0.2) is 0 Å². The summed E-state index contributed by atoms with van der Waals surface area (Å²) in [6.45, 7) is 0. The standard InChI is InChI=1S/C12H9BrN2O2/c13-9-6-7-11(14-8-9)15(12(16)17)10-4-2-1-3-5-10/h1-8H,(H,16,17). The van der Waals surface area contributed by atoms with Crippen LogP contribution in [0, 0.1) is 0 Å². The molecule has 1 N–H and O–H groups in total. The second-order valence-electron chi connectivity index (χ2n) is 3.29. The van der Waals surface area contributed by atoms with Crippen molar-refractivity contribution in [3.8, 4) is 0 Å². The number of halogens is 1. The smallest absolute Gasteiger partial charge is 0.417 e. The largest absolute Gasteiger partial charge is 0.464 e. The van der Waals surface area contributed by atoms with Crippen LogP contribution in [0.5, 0.6) is 0 Å². The third-order valence-electron chi connectivity index (χ3n) is 2.15. The highest BCUT2D eigenvalue weighted by Gasteiger charge is 2.17. The van der Waals surface area contributed by atoms with Crippen molar-refractivity contribution in [3.05, 3.63) is 53.1 Å². The van der Waals surface area contributed by atoms with E-state index >= 15 is 0 Å². The first-order valence-electron chi connectivity index (χ1n) is 4.88. The van der Waals surface area contributed by atoms with Gasteiger partial charge in [-0.15, -0.1) is 0 Å². The Bertz CT molecular complexity index is 514. The molecule has 2 rings (SSSR count). The van der Waals surface area contributed by atoms with Crippen LogP contribution in [-0.4, -0.2) is 16.2 Å². The molecular weight excluding hydrogens is 284 g/mol. The number of para-hydroxylation sites is 1. The van der Waals surface area contributed by atoms with Crippen LogP contribution in [0.15, 0.2) is 53.1 Å². The quantitative estimate of drug-likeness (QED) is 0.919. The first kappa shape index (κ1) is 11.6. The Morgan fingerprint density at radius 3 is 2.41 bits per heavy atom. The van der Waals surface area contributed by atoms with Gasteiger partial charge in [-0.1, -0.05) is 18.2 Å². The van der Waals surface area contributed by atoms with E-state index < -0.39 is 6.09 Å². The average molecular weight is 293 g/mol. The van der Waals surface area contributed by atoms with Crippen molar-refractivity contribution in [2.45, 2.75) is 0 Å². The molecule has 1 amide bonds.